The van der Waals surface area contributed by atoms with Gasteiger partial charge in [0.1, 0.15) is 42.5 Å². The van der Waals surface area contributed by atoms with Crippen LogP contribution in [-0.2, 0) is 33.5 Å². The molecule has 5 atom stereocenters. The summed E-state index contributed by atoms with van der Waals surface area (Å²) < 4.78 is 21.6. The maximum Gasteiger partial charge on any atom is 0.306 e. The van der Waals surface area contributed by atoms with Gasteiger partial charge >= 0.3 is 5.97 Å². The first-order valence-electron chi connectivity index (χ1n) is 13.3. The van der Waals surface area contributed by atoms with Crippen LogP contribution in [0.2, 0.25) is 0 Å². The number of rotatable bonds is 11. The molecule has 0 amide bonds. The first-order valence-corrected chi connectivity index (χ1v) is 13.3. The smallest absolute Gasteiger partial charge is 0.306 e. The lowest BCUT2D eigenvalue weighted by atomic mass is 9.99. The summed E-state index contributed by atoms with van der Waals surface area (Å²) >= 11 is 0. The van der Waals surface area contributed by atoms with Crippen molar-refractivity contribution in [2.75, 3.05) is 13.7 Å². The molecule has 12 heteroatoms. The average Bonchev–Trinajstić information content (AvgIpc) is 2.96. The Morgan fingerprint density at radius 2 is 1.45 bits per heavy atom. The Balaban J connectivity index is 1.34. The third-order valence-corrected chi connectivity index (χ3v) is 6.88. The number of methoxy groups -OCH3 is 1. The Morgan fingerprint density at radius 3 is 2.17 bits per heavy atom. The van der Waals surface area contributed by atoms with Crippen molar-refractivity contribution in [3.05, 3.63) is 71.3 Å². The van der Waals surface area contributed by atoms with Gasteiger partial charge in [-0.3, -0.25) is 4.79 Å². The molecule has 0 saturated carbocycles. The molecule has 1 saturated heterocycles. The van der Waals surface area contributed by atoms with E-state index < -0.39 is 43.3 Å². The Bertz CT molecular complexity index is 1380. The van der Waals surface area contributed by atoms with E-state index in [0.717, 1.165) is 5.56 Å². The van der Waals surface area contributed by atoms with Crippen LogP contribution < -0.4 is 9.47 Å². The number of esters is 1. The van der Waals surface area contributed by atoms with Gasteiger partial charge in [-0.05, 0) is 72.4 Å². The van der Waals surface area contributed by atoms with Crippen LogP contribution in [0, 0.1) is 0 Å². The minimum Gasteiger partial charge on any atom is -0.508 e. The van der Waals surface area contributed by atoms with Gasteiger partial charge in [0.05, 0.1) is 7.11 Å². The van der Waals surface area contributed by atoms with Crippen LogP contribution in [-0.4, -0.2) is 86.1 Å². The van der Waals surface area contributed by atoms with Crippen molar-refractivity contribution in [2.45, 2.75) is 56.4 Å². The van der Waals surface area contributed by atoms with E-state index in [1.165, 1.54) is 31.4 Å². The quantitative estimate of drug-likeness (QED) is 0.127. The summed E-state index contributed by atoms with van der Waals surface area (Å²) in [5, 5.41) is 70.5. The predicted molar refractivity (Wildman–Crippen MR) is 147 cm³/mol. The lowest BCUT2D eigenvalue weighted by Crippen LogP contribution is -2.60. The van der Waals surface area contributed by atoms with Crippen LogP contribution in [0.1, 0.15) is 23.1 Å². The summed E-state index contributed by atoms with van der Waals surface area (Å²) in [4.78, 5) is 12.3. The van der Waals surface area contributed by atoms with E-state index in [1.807, 2.05) is 6.07 Å². The third kappa shape index (κ3) is 7.74. The predicted octanol–water partition coefficient (Wildman–Crippen LogP) is 1.67. The van der Waals surface area contributed by atoms with Gasteiger partial charge in [0.2, 0.25) is 6.29 Å². The molecule has 0 bridgehead atoms. The van der Waals surface area contributed by atoms with Gasteiger partial charge < -0.3 is 54.7 Å². The molecule has 1 heterocycles. The van der Waals surface area contributed by atoms with Gasteiger partial charge in [0.25, 0.3) is 0 Å². The van der Waals surface area contributed by atoms with Gasteiger partial charge in [-0.1, -0.05) is 12.1 Å². The van der Waals surface area contributed by atoms with Crippen molar-refractivity contribution in [3.8, 4) is 34.5 Å². The number of aromatic hydroxyl groups is 4. The zero-order chi connectivity index (χ0) is 30.4. The minimum absolute atomic E-state index is 0.0111. The van der Waals surface area contributed by atoms with Crippen LogP contribution in [0.5, 0.6) is 34.5 Å². The van der Waals surface area contributed by atoms with E-state index in [-0.39, 0.29) is 41.6 Å². The summed E-state index contributed by atoms with van der Waals surface area (Å²) in [6, 6.07) is 13.7. The molecule has 226 valence electrons. The molecule has 1 fully saturated rings. The molecule has 0 spiro atoms. The number of carbonyl (C=O) groups is 1. The fourth-order valence-electron chi connectivity index (χ4n) is 4.54. The summed E-state index contributed by atoms with van der Waals surface area (Å²) in [6.45, 7) is -0.440. The molecule has 42 heavy (non-hydrogen) atoms. The number of aliphatic hydroxyl groups excluding tert-OH is 3. The molecule has 1 aliphatic heterocycles. The molecule has 0 aliphatic carbocycles. The average molecular weight is 587 g/mol. The number of aryl methyl sites for hydroxylation is 3. The van der Waals surface area contributed by atoms with Gasteiger partial charge in [0, 0.05) is 12.5 Å². The highest BCUT2D eigenvalue weighted by atomic mass is 16.7. The number of ether oxygens (including phenoxy) is 4. The number of hydrogen-bond donors (Lipinski definition) is 7. The summed E-state index contributed by atoms with van der Waals surface area (Å²) in [5.41, 5.74) is 2.11. The Morgan fingerprint density at radius 1 is 0.762 bits per heavy atom. The molecular formula is C30H34O12. The van der Waals surface area contributed by atoms with Gasteiger partial charge in [0.15, 0.2) is 23.0 Å². The number of aliphatic hydroxyl groups is 3. The molecule has 5 unspecified atom stereocenters. The normalized spacial score (nSPS) is 22.0. The van der Waals surface area contributed by atoms with Crippen molar-refractivity contribution < 1.29 is 59.5 Å². The zero-order valence-corrected chi connectivity index (χ0v) is 22.8. The maximum atomic E-state index is 12.3. The fraction of sp³-hybridized carbons (Fsp3) is 0.367. The summed E-state index contributed by atoms with van der Waals surface area (Å²) in [5.74, 6) is -0.848. The first kappa shape index (κ1) is 30.7. The fourth-order valence-corrected chi connectivity index (χ4v) is 4.54. The monoisotopic (exact) mass is 586 g/mol. The second-order valence-corrected chi connectivity index (χ2v) is 9.98. The molecule has 3 aromatic carbocycles. The van der Waals surface area contributed by atoms with E-state index >= 15 is 0 Å². The van der Waals surface area contributed by atoms with Crippen LogP contribution in [0.15, 0.2) is 54.6 Å². The van der Waals surface area contributed by atoms with Crippen LogP contribution in [0.4, 0.5) is 0 Å². The van der Waals surface area contributed by atoms with Crippen molar-refractivity contribution >= 4 is 5.97 Å². The van der Waals surface area contributed by atoms with Crippen molar-refractivity contribution in [1.29, 1.82) is 0 Å². The number of carbonyl (C=O) groups excluding carboxylic acids is 1. The topological polar surface area (TPSA) is 196 Å². The maximum absolute atomic E-state index is 12.3. The van der Waals surface area contributed by atoms with Gasteiger partial charge in [-0.2, -0.15) is 0 Å². The first-order chi connectivity index (χ1) is 20.0. The zero-order valence-electron chi connectivity index (χ0n) is 22.8. The van der Waals surface area contributed by atoms with Crippen molar-refractivity contribution in [3.63, 3.8) is 0 Å². The highest BCUT2D eigenvalue weighted by Gasteiger charge is 2.45. The third-order valence-electron chi connectivity index (χ3n) is 6.88. The van der Waals surface area contributed by atoms with E-state index in [9.17, 15) is 40.5 Å². The Labute approximate surface area is 241 Å². The lowest BCUT2D eigenvalue weighted by molar-refractivity contribution is -0.278. The molecule has 0 aromatic heterocycles. The highest BCUT2D eigenvalue weighted by molar-refractivity contribution is 5.69. The highest BCUT2D eigenvalue weighted by Crippen LogP contribution is 2.30. The second-order valence-electron chi connectivity index (χ2n) is 9.98. The number of phenolic OH excluding ortho intramolecular Hbond substituents is 4. The van der Waals surface area contributed by atoms with E-state index in [0.29, 0.717) is 29.7 Å². The van der Waals surface area contributed by atoms with Crippen LogP contribution in [0.25, 0.3) is 0 Å². The van der Waals surface area contributed by atoms with Gasteiger partial charge in [-0.25, -0.2) is 0 Å². The minimum atomic E-state index is -1.67. The summed E-state index contributed by atoms with van der Waals surface area (Å²) in [7, 11) is 1.46. The van der Waals surface area contributed by atoms with Gasteiger partial charge in [-0.15, -0.1) is 0 Å². The van der Waals surface area contributed by atoms with Crippen molar-refractivity contribution in [2.24, 2.45) is 0 Å². The van der Waals surface area contributed by atoms with E-state index in [2.05, 4.69) is 0 Å². The second kappa shape index (κ2) is 13.6. The van der Waals surface area contributed by atoms with E-state index in [4.69, 9.17) is 18.9 Å². The van der Waals surface area contributed by atoms with Crippen LogP contribution in [0.3, 0.4) is 0 Å². The number of hydrogen-bond acceptors (Lipinski definition) is 12. The molecule has 4 rings (SSSR count). The Kier molecular flexibility index (Phi) is 9.96. The standard InChI is InChI=1S/C30H34O12/c1-39-24-8-5-16(13-23(24)34)2-3-18-10-19(31)14-20(11-18)41-30-29(38)28(37)27(36)25(42-30)15-40-26(35)9-6-17-4-7-21(32)22(33)12-17/h4-5,7-8,10-14,25,27-34,36-38H,2-3,6,9,15H2,1H3. The van der Waals surface area contributed by atoms with Crippen LogP contribution >= 0.6 is 0 Å². The Hall–Kier alpha value is -4.23. The molecule has 7 N–H and O–H groups in total. The molecule has 0 radical (unpaired) electrons. The molecule has 3 aromatic rings. The number of phenols is 4. The van der Waals surface area contributed by atoms with Crippen molar-refractivity contribution in [1.82, 2.24) is 0 Å². The molecular weight excluding hydrogens is 552 g/mol. The lowest BCUT2D eigenvalue weighted by Gasteiger charge is -2.39. The SMILES string of the molecule is COc1ccc(CCc2cc(O)cc(OC3OC(COC(=O)CCc4ccc(O)c(O)c4)C(O)C(O)C3O)c2)cc1O. The summed E-state index contributed by atoms with van der Waals surface area (Å²) in [6.07, 6.45) is -6.46. The largest absolute Gasteiger partial charge is 0.508 e. The number of benzene rings is 3. The molecule has 1 aliphatic rings. The van der Waals surface area contributed by atoms with E-state index in [1.54, 1.807) is 24.3 Å². The molecule has 12 nitrogen and oxygen atoms in total.